The molecular formula is C26H30N4O3S. The zero-order valence-electron chi connectivity index (χ0n) is 19.9. The Morgan fingerprint density at radius 2 is 1.82 bits per heavy atom. The summed E-state index contributed by atoms with van der Waals surface area (Å²) in [5, 5.41) is 2.30. The van der Waals surface area contributed by atoms with Crippen LogP contribution in [0.5, 0.6) is 0 Å². The Hall–Kier alpha value is -3.26. The number of benzene rings is 2. The van der Waals surface area contributed by atoms with Crippen molar-refractivity contribution in [2.24, 2.45) is 7.05 Å². The van der Waals surface area contributed by atoms with Gasteiger partial charge in [-0.2, -0.15) is 0 Å². The summed E-state index contributed by atoms with van der Waals surface area (Å²) in [5.74, 6) is -0.0995. The zero-order chi connectivity index (χ0) is 24.4. The van der Waals surface area contributed by atoms with Crippen LogP contribution < -0.4 is 10.9 Å². The van der Waals surface area contributed by atoms with Gasteiger partial charge in [-0.25, -0.2) is 4.68 Å². The van der Waals surface area contributed by atoms with Crippen molar-refractivity contribution in [1.82, 2.24) is 14.3 Å². The number of fused-ring (bicyclic) bond motifs is 1. The highest BCUT2D eigenvalue weighted by Crippen LogP contribution is 2.35. The fourth-order valence-corrected chi connectivity index (χ4v) is 5.23. The normalized spacial score (nSPS) is 15.6. The Morgan fingerprint density at radius 3 is 2.56 bits per heavy atom. The van der Waals surface area contributed by atoms with Gasteiger partial charge in [0.2, 0.25) is 11.8 Å². The number of carbonyl (C=O) groups is 2. The quantitative estimate of drug-likeness (QED) is 0.562. The number of aryl methyl sites for hydroxylation is 1. The Kier molecular flexibility index (Phi) is 6.97. The predicted molar refractivity (Wildman–Crippen MR) is 137 cm³/mol. The molecule has 2 atom stereocenters. The highest BCUT2D eigenvalue weighted by Gasteiger charge is 2.29. The second-order valence-corrected chi connectivity index (χ2v) is 9.97. The van der Waals surface area contributed by atoms with E-state index < -0.39 is 5.25 Å². The molecule has 4 rings (SSSR count). The van der Waals surface area contributed by atoms with Crippen molar-refractivity contribution in [3.8, 4) is 5.69 Å². The molecule has 1 aliphatic rings. The standard InChI is InChI=1S/C26H30N4O3S/c1-17-24(26(33)30(29(17)4)20-11-6-5-7-12-20)27-25(32)18(2)34-16-23(31)28(3)22-15-14-19-10-8-9-13-21(19)22/h5-13,18,22H,14-16H2,1-4H3,(H,27,32). The van der Waals surface area contributed by atoms with E-state index >= 15 is 0 Å². The smallest absolute Gasteiger partial charge is 0.295 e. The van der Waals surface area contributed by atoms with Gasteiger partial charge in [0.1, 0.15) is 5.69 Å². The SMILES string of the molecule is Cc1c(NC(=O)C(C)SCC(=O)N(C)C2CCc3ccccc32)c(=O)n(-c2ccccc2)n1C. The Bertz CT molecular complexity index is 1260. The lowest BCUT2D eigenvalue weighted by atomic mass is 10.1. The summed E-state index contributed by atoms with van der Waals surface area (Å²) >= 11 is 1.28. The summed E-state index contributed by atoms with van der Waals surface area (Å²) in [7, 11) is 3.62. The average Bonchev–Trinajstić information content (AvgIpc) is 3.37. The highest BCUT2D eigenvalue weighted by molar-refractivity contribution is 8.01. The van der Waals surface area contributed by atoms with Crippen molar-refractivity contribution in [2.75, 3.05) is 18.1 Å². The van der Waals surface area contributed by atoms with Gasteiger partial charge < -0.3 is 10.2 Å². The maximum Gasteiger partial charge on any atom is 0.295 e. The minimum absolute atomic E-state index is 0.00585. The maximum atomic E-state index is 13.0. The van der Waals surface area contributed by atoms with Gasteiger partial charge >= 0.3 is 0 Å². The molecule has 0 saturated heterocycles. The van der Waals surface area contributed by atoms with Gasteiger partial charge in [0.05, 0.1) is 28.4 Å². The van der Waals surface area contributed by atoms with Crippen LogP contribution in [0.4, 0.5) is 5.69 Å². The number of hydrogen-bond donors (Lipinski definition) is 1. The van der Waals surface area contributed by atoms with Gasteiger partial charge in [0.15, 0.2) is 0 Å². The van der Waals surface area contributed by atoms with Gasteiger partial charge in [0, 0.05) is 14.1 Å². The number of nitrogens with zero attached hydrogens (tertiary/aromatic N) is 3. The summed E-state index contributed by atoms with van der Waals surface area (Å²) in [5.41, 5.74) is 3.87. The molecule has 0 aliphatic heterocycles. The summed E-state index contributed by atoms with van der Waals surface area (Å²) in [6, 6.07) is 17.6. The third kappa shape index (κ3) is 4.55. The van der Waals surface area contributed by atoms with E-state index in [0.29, 0.717) is 5.69 Å². The van der Waals surface area contributed by atoms with E-state index in [0.717, 1.165) is 18.5 Å². The minimum Gasteiger partial charge on any atom is -0.338 e. The van der Waals surface area contributed by atoms with Crippen molar-refractivity contribution in [3.63, 3.8) is 0 Å². The molecule has 0 saturated carbocycles. The Morgan fingerprint density at radius 1 is 1.15 bits per heavy atom. The number of nitrogens with one attached hydrogen (secondary N) is 1. The van der Waals surface area contributed by atoms with Gasteiger partial charge in [-0.1, -0.05) is 42.5 Å². The molecule has 1 N–H and O–H groups in total. The zero-order valence-corrected chi connectivity index (χ0v) is 20.8. The van der Waals surface area contributed by atoms with Gasteiger partial charge in [-0.05, 0) is 49.9 Å². The maximum absolute atomic E-state index is 13.0. The van der Waals surface area contributed by atoms with Crippen LogP contribution in [0, 0.1) is 6.92 Å². The molecular weight excluding hydrogens is 448 g/mol. The van der Waals surface area contributed by atoms with E-state index in [4.69, 9.17) is 0 Å². The first-order valence-electron chi connectivity index (χ1n) is 11.4. The fourth-order valence-electron chi connectivity index (χ4n) is 4.42. The molecule has 7 nitrogen and oxygen atoms in total. The second-order valence-electron chi connectivity index (χ2n) is 8.64. The first-order chi connectivity index (χ1) is 16.3. The van der Waals surface area contributed by atoms with Gasteiger partial charge in [0.25, 0.3) is 5.56 Å². The number of aromatic nitrogens is 2. The number of rotatable bonds is 7. The van der Waals surface area contributed by atoms with Crippen LogP contribution in [0.25, 0.3) is 5.69 Å². The Balaban J connectivity index is 1.39. The van der Waals surface area contributed by atoms with Crippen molar-refractivity contribution in [1.29, 1.82) is 0 Å². The van der Waals surface area contributed by atoms with Crippen molar-refractivity contribution in [3.05, 3.63) is 81.8 Å². The molecule has 1 heterocycles. The predicted octanol–water partition coefficient (Wildman–Crippen LogP) is 3.69. The first kappa shape index (κ1) is 23.9. The minimum atomic E-state index is -0.489. The van der Waals surface area contributed by atoms with E-state index in [1.54, 1.807) is 30.5 Å². The molecule has 8 heteroatoms. The third-order valence-corrected chi connectivity index (χ3v) is 7.72. The second kappa shape index (κ2) is 9.93. The van der Waals surface area contributed by atoms with Gasteiger partial charge in [-0.3, -0.25) is 19.1 Å². The number of anilines is 1. The van der Waals surface area contributed by atoms with Crippen LogP contribution in [-0.2, 0) is 23.1 Å². The van der Waals surface area contributed by atoms with Crippen molar-refractivity contribution in [2.45, 2.75) is 38.0 Å². The largest absolute Gasteiger partial charge is 0.338 e. The molecule has 0 fully saturated rings. The summed E-state index contributed by atoms with van der Waals surface area (Å²) < 4.78 is 3.25. The molecule has 2 amide bonds. The lowest BCUT2D eigenvalue weighted by Gasteiger charge is -2.26. The average molecular weight is 479 g/mol. The number of carbonyl (C=O) groups excluding carboxylic acids is 2. The highest BCUT2D eigenvalue weighted by atomic mass is 32.2. The van der Waals surface area contributed by atoms with Crippen LogP contribution in [0.3, 0.4) is 0 Å². The molecule has 1 aliphatic carbocycles. The number of para-hydroxylation sites is 1. The molecule has 34 heavy (non-hydrogen) atoms. The lowest BCUT2D eigenvalue weighted by molar-refractivity contribution is -0.129. The molecule has 3 aromatic rings. The van der Waals surface area contributed by atoms with E-state index in [9.17, 15) is 14.4 Å². The van der Waals surface area contributed by atoms with Crippen molar-refractivity contribution < 1.29 is 9.59 Å². The van der Waals surface area contributed by atoms with Crippen LogP contribution >= 0.6 is 11.8 Å². The monoisotopic (exact) mass is 478 g/mol. The van der Waals surface area contributed by atoms with Crippen LogP contribution in [-0.4, -0.2) is 44.1 Å². The Labute approximate surface area is 203 Å². The van der Waals surface area contributed by atoms with Crippen molar-refractivity contribution >= 4 is 29.3 Å². The van der Waals surface area contributed by atoms with E-state index in [1.165, 1.54) is 27.6 Å². The lowest BCUT2D eigenvalue weighted by Crippen LogP contribution is -2.33. The molecule has 0 radical (unpaired) electrons. The summed E-state index contributed by atoms with van der Waals surface area (Å²) in [4.78, 5) is 40.5. The van der Waals surface area contributed by atoms with Crippen LogP contribution in [0.15, 0.2) is 59.4 Å². The number of hydrogen-bond acceptors (Lipinski definition) is 4. The van der Waals surface area contributed by atoms with Gasteiger partial charge in [-0.15, -0.1) is 11.8 Å². The molecule has 2 aromatic carbocycles. The molecule has 0 bridgehead atoms. The number of thioether (sulfide) groups is 1. The third-order valence-electron chi connectivity index (χ3n) is 6.59. The topological polar surface area (TPSA) is 76.3 Å². The van der Waals surface area contributed by atoms with E-state index in [-0.39, 0.29) is 34.9 Å². The van der Waals surface area contributed by atoms with Crippen LogP contribution in [0.2, 0.25) is 0 Å². The molecule has 178 valence electrons. The first-order valence-corrected chi connectivity index (χ1v) is 12.4. The summed E-state index contributed by atoms with van der Waals surface area (Å²) in [6.45, 7) is 3.55. The molecule has 2 unspecified atom stereocenters. The number of amides is 2. The van der Waals surface area contributed by atoms with E-state index in [2.05, 4.69) is 17.4 Å². The summed E-state index contributed by atoms with van der Waals surface area (Å²) in [6.07, 6.45) is 1.89. The molecule has 0 spiro atoms. The van der Waals surface area contributed by atoms with Crippen LogP contribution in [0.1, 0.15) is 36.2 Å². The fraction of sp³-hybridized carbons (Fsp3) is 0.346. The van der Waals surface area contributed by atoms with E-state index in [1.807, 2.05) is 49.5 Å². The molecule has 1 aromatic heterocycles.